The summed E-state index contributed by atoms with van der Waals surface area (Å²) in [6.45, 7) is 0.717. The van der Waals surface area contributed by atoms with Crippen LogP contribution in [0.15, 0.2) is 78.0 Å². The van der Waals surface area contributed by atoms with E-state index >= 15 is 0 Å². The van der Waals surface area contributed by atoms with Gasteiger partial charge in [-0.3, -0.25) is 4.98 Å². The minimum atomic E-state index is -3.74. The zero-order chi connectivity index (χ0) is 21.7. The topological polar surface area (TPSA) is 78.0 Å². The first-order valence-corrected chi connectivity index (χ1v) is 11.4. The minimum absolute atomic E-state index is 0.0787. The average molecular weight is 441 g/mol. The van der Waals surface area contributed by atoms with E-state index in [4.69, 9.17) is 14.2 Å². The second kappa shape index (κ2) is 9.36. The standard InChI is InChI=1S/C23H24N2O5S/c1-28-19-7-9-20(10-8-19)29-17-21-16-25(14-12-18-5-3-2-4-6-18)31(26,27)23-15-24-13-11-22(23)30-21/h2-11,13,15,21H,12,14,16-17H2,1H3. The van der Waals surface area contributed by atoms with Crippen LogP contribution in [0.1, 0.15) is 5.56 Å². The van der Waals surface area contributed by atoms with Crippen molar-refractivity contribution in [2.45, 2.75) is 17.4 Å². The fourth-order valence-corrected chi connectivity index (χ4v) is 4.93. The van der Waals surface area contributed by atoms with Gasteiger partial charge in [-0.15, -0.1) is 0 Å². The Kier molecular flexibility index (Phi) is 6.39. The number of aromatic nitrogens is 1. The van der Waals surface area contributed by atoms with Crippen LogP contribution in [0.5, 0.6) is 17.2 Å². The molecular weight excluding hydrogens is 416 g/mol. The maximum absolute atomic E-state index is 13.3. The SMILES string of the molecule is COc1ccc(OCC2CN(CCc3ccccc3)S(=O)(=O)c3cnccc3O2)cc1. The first kappa shape index (κ1) is 21.1. The molecule has 3 aromatic rings. The summed E-state index contributed by atoms with van der Waals surface area (Å²) in [5.41, 5.74) is 1.07. The van der Waals surface area contributed by atoms with Crippen molar-refractivity contribution in [3.05, 3.63) is 78.6 Å². The first-order valence-electron chi connectivity index (χ1n) is 9.98. The Labute approximate surface area is 182 Å². The summed E-state index contributed by atoms with van der Waals surface area (Å²) in [4.78, 5) is 4.07. The number of sulfonamides is 1. The number of hydrogen-bond acceptors (Lipinski definition) is 6. The summed E-state index contributed by atoms with van der Waals surface area (Å²) in [6.07, 6.45) is 2.99. The Bertz CT molecular complexity index is 1100. The third-order valence-electron chi connectivity index (χ3n) is 5.05. The quantitative estimate of drug-likeness (QED) is 0.562. The highest BCUT2D eigenvalue weighted by Gasteiger charge is 2.35. The van der Waals surface area contributed by atoms with E-state index in [1.54, 1.807) is 37.4 Å². The molecule has 0 spiro atoms. The van der Waals surface area contributed by atoms with E-state index in [2.05, 4.69) is 4.98 Å². The summed E-state index contributed by atoms with van der Waals surface area (Å²) in [6, 6.07) is 18.6. The summed E-state index contributed by atoms with van der Waals surface area (Å²) >= 11 is 0. The third-order valence-corrected chi connectivity index (χ3v) is 6.93. The molecule has 2 aromatic carbocycles. The molecule has 1 aliphatic heterocycles. The van der Waals surface area contributed by atoms with Crippen molar-refractivity contribution < 1.29 is 22.6 Å². The van der Waals surface area contributed by atoms with Gasteiger partial charge in [0.05, 0.1) is 19.9 Å². The number of methoxy groups -OCH3 is 1. The van der Waals surface area contributed by atoms with E-state index in [0.717, 1.165) is 11.3 Å². The van der Waals surface area contributed by atoms with Crippen LogP contribution in [0.4, 0.5) is 0 Å². The predicted molar refractivity (Wildman–Crippen MR) is 116 cm³/mol. The van der Waals surface area contributed by atoms with Crippen LogP contribution in [-0.2, 0) is 16.4 Å². The molecule has 4 rings (SSSR count). The van der Waals surface area contributed by atoms with Crippen molar-refractivity contribution in [3.63, 3.8) is 0 Å². The largest absolute Gasteiger partial charge is 0.497 e. The molecular formula is C23H24N2O5S. The van der Waals surface area contributed by atoms with Crippen LogP contribution in [0.3, 0.4) is 0 Å². The molecule has 0 amide bonds. The van der Waals surface area contributed by atoms with Gasteiger partial charge in [-0.05, 0) is 42.3 Å². The third kappa shape index (κ3) is 4.98. The Morgan fingerprint density at radius 3 is 2.55 bits per heavy atom. The van der Waals surface area contributed by atoms with Crippen molar-refractivity contribution in [3.8, 4) is 17.2 Å². The van der Waals surface area contributed by atoms with Crippen molar-refractivity contribution in [1.29, 1.82) is 0 Å². The van der Waals surface area contributed by atoms with Gasteiger partial charge in [-0.2, -0.15) is 4.31 Å². The number of fused-ring (bicyclic) bond motifs is 1. The summed E-state index contributed by atoms with van der Waals surface area (Å²) in [7, 11) is -2.14. The smallest absolute Gasteiger partial charge is 0.248 e. The highest BCUT2D eigenvalue weighted by atomic mass is 32.2. The van der Waals surface area contributed by atoms with E-state index in [-0.39, 0.29) is 18.0 Å². The Hall–Kier alpha value is -3.10. The van der Waals surface area contributed by atoms with Crippen molar-refractivity contribution in [2.24, 2.45) is 0 Å². The van der Waals surface area contributed by atoms with E-state index in [0.29, 0.717) is 24.5 Å². The Morgan fingerprint density at radius 2 is 1.81 bits per heavy atom. The monoisotopic (exact) mass is 440 g/mol. The van der Waals surface area contributed by atoms with Gasteiger partial charge < -0.3 is 14.2 Å². The normalized spacial score (nSPS) is 17.8. The zero-order valence-corrected chi connectivity index (χ0v) is 18.0. The summed E-state index contributed by atoms with van der Waals surface area (Å²) in [5.74, 6) is 1.68. The van der Waals surface area contributed by atoms with E-state index in [9.17, 15) is 8.42 Å². The molecule has 1 atom stereocenters. The van der Waals surface area contributed by atoms with Crippen LogP contribution in [0.2, 0.25) is 0 Å². The molecule has 1 unspecified atom stereocenters. The molecule has 0 bridgehead atoms. The number of nitrogens with zero attached hydrogens (tertiary/aromatic N) is 2. The molecule has 0 saturated carbocycles. The fraction of sp³-hybridized carbons (Fsp3) is 0.261. The lowest BCUT2D eigenvalue weighted by atomic mass is 10.1. The maximum Gasteiger partial charge on any atom is 0.248 e. The average Bonchev–Trinajstić information content (AvgIpc) is 2.91. The molecule has 31 heavy (non-hydrogen) atoms. The Balaban J connectivity index is 1.53. The second-order valence-corrected chi connectivity index (χ2v) is 9.05. The molecule has 7 nitrogen and oxygen atoms in total. The van der Waals surface area contributed by atoms with E-state index < -0.39 is 16.1 Å². The van der Waals surface area contributed by atoms with Gasteiger partial charge in [0, 0.05) is 12.7 Å². The van der Waals surface area contributed by atoms with Gasteiger partial charge in [0.15, 0.2) is 0 Å². The van der Waals surface area contributed by atoms with Crippen LogP contribution < -0.4 is 14.2 Å². The molecule has 0 aliphatic carbocycles. The van der Waals surface area contributed by atoms with Gasteiger partial charge in [0.25, 0.3) is 0 Å². The molecule has 1 aliphatic rings. The second-order valence-electron chi connectivity index (χ2n) is 7.15. The zero-order valence-electron chi connectivity index (χ0n) is 17.2. The van der Waals surface area contributed by atoms with Crippen molar-refractivity contribution in [2.75, 3.05) is 26.8 Å². The molecule has 0 N–H and O–H groups in total. The van der Waals surface area contributed by atoms with Crippen molar-refractivity contribution in [1.82, 2.24) is 9.29 Å². The predicted octanol–water partition coefficient (Wildman–Crippen LogP) is 3.16. The highest BCUT2D eigenvalue weighted by Crippen LogP contribution is 2.30. The van der Waals surface area contributed by atoms with Crippen LogP contribution in [-0.4, -0.2) is 50.6 Å². The molecule has 8 heteroatoms. The molecule has 0 saturated heterocycles. The van der Waals surface area contributed by atoms with Gasteiger partial charge in [0.1, 0.15) is 34.9 Å². The van der Waals surface area contributed by atoms with Gasteiger partial charge >= 0.3 is 0 Å². The van der Waals surface area contributed by atoms with Gasteiger partial charge in [-0.25, -0.2) is 8.42 Å². The lowest BCUT2D eigenvalue weighted by Gasteiger charge is -2.23. The van der Waals surface area contributed by atoms with Crippen LogP contribution in [0.25, 0.3) is 0 Å². The maximum atomic E-state index is 13.3. The number of hydrogen-bond donors (Lipinski definition) is 0. The fourth-order valence-electron chi connectivity index (χ4n) is 3.40. The van der Waals surface area contributed by atoms with Crippen LogP contribution >= 0.6 is 0 Å². The lowest BCUT2D eigenvalue weighted by Crippen LogP contribution is -2.40. The van der Waals surface area contributed by atoms with E-state index in [1.807, 2.05) is 30.3 Å². The minimum Gasteiger partial charge on any atom is -0.497 e. The lowest BCUT2D eigenvalue weighted by molar-refractivity contribution is 0.112. The molecule has 0 fully saturated rings. The molecule has 0 radical (unpaired) electrons. The highest BCUT2D eigenvalue weighted by molar-refractivity contribution is 7.89. The first-order chi connectivity index (χ1) is 15.1. The number of benzene rings is 2. The van der Waals surface area contributed by atoms with Gasteiger partial charge in [-0.1, -0.05) is 30.3 Å². The molecule has 162 valence electrons. The van der Waals surface area contributed by atoms with E-state index in [1.165, 1.54) is 16.7 Å². The number of rotatable bonds is 7. The van der Waals surface area contributed by atoms with Crippen LogP contribution in [0, 0.1) is 0 Å². The molecule has 1 aromatic heterocycles. The number of ether oxygens (including phenoxy) is 3. The number of pyridine rings is 1. The van der Waals surface area contributed by atoms with Gasteiger partial charge in [0.2, 0.25) is 10.0 Å². The summed E-state index contributed by atoms with van der Waals surface area (Å²) < 4.78 is 45.1. The van der Waals surface area contributed by atoms with Crippen molar-refractivity contribution >= 4 is 10.0 Å². The molecule has 2 heterocycles. The Morgan fingerprint density at radius 1 is 1.06 bits per heavy atom. The summed E-state index contributed by atoms with van der Waals surface area (Å²) in [5, 5.41) is 0.